The average Bonchev–Trinajstić information content (AvgIpc) is 3.02. The number of nitrogens with one attached hydrogen (secondary N) is 2. The van der Waals surface area contributed by atoms with Crippen LogP contribution in [0.4, 0.5) is 5.69 Å². The summed E-state index contributed by atoms with van der Waals surface area (Å²) >= 11 is 0. The highest BCUT2D eigenvalue weighted by Gasteiger charge is 2.28. The molecule has 0 unspecified atom stereocenters. The predicted octanol–water partition coefficient (Wildman–Crippen LogP) is 3.33. The summed E-state index contributed by atoms with van der Waals surface area (Å²) in [5.74, 6) is -2.82. The highest BCUT2D eigenvalue weighted by molar-refractivity contribution is 5.99. The van der Waals surface area contributed by atoms with E-state index in [0.717, 1.165) is 0 Å². The van der Waals surface area contributed by atoms with Gasteiger partial charge in [0, 0.05) is 17.4 Å². The number of aromatic hydroxyl groups is 1. The minimum atomic E-state index is -1.24. The van der Waals surface area contributed by atoms with Gasteiger partial charge in [0.05, 0.1) is 19.2 Å². The highest BCUT2D eigenvalue weighted by Crippen LogP contribution is 2.26. The summed E-state index contributed by atoms with van der Waals surface area (Å²) < 4.78 is 10.3. The number of anilines is 1. The van der Waals surface area contributed by atoms with Gasteiger partial charge in [0.1, 0.15) is 22.6 Å². The van der Waals surface area contributed by atoms with Gasteiger partial charge in [0.25, 0.3) is 0 Å². The Labute approximate surface area is 174 Å². The van der Waals surface area contributed by atoms with Crippen molar-refractivity contribution in [3.63, 3.8) is 0 Å². The second-order valence-corrected chi connectivity index (χ2v) is 7.57. The number of carbonyl (C=O) groups is 3. The van der Waals surface area contributed by atoms with Crippen molar-refractivity contribution >= 4 is 23.6 Å². The molecule has 0 aliphatic rings. The Kier molecular flexibility index (Phi) is 6.76. The third kappa shape index (κ3) is 5.11. The van der Waals surface area contributed by atoms with Gasteiger partial charge in [-0.25, -0.2) is 14.4 Å². The van der Waals surface area contributed by atoms with Gasteiger partial charge in [-0.2, -0.15) is 0 Å². The molecule has 9 nitrogen and oxygen atoms in total. The fraction of sp³-hybridized carbons (Fsp3) is 0.381. The van der Waals surface area contributed by atoms with Crippen LogP contribution in [0.3, 0.4) is 0 Å². The number of aromatic carboxylic acids is 1. The normalized spacial score (nSPS) is 11.1. The van der Waals surface area contributed by atoms with E-state index in [9.17, 15) is 19.5 Å². The van der Waals surface area contributed by atoms with Crippen molar-refractivity contribution in [1.29, 1.82) is 0 Å². The molecule has 0 atom stereocenters. The Hall–Kier alpha value is -3.49. The molecule has 30 heavy (non-hydrogen) atoms. The van der Waals surface area contributed by atoms with Crippen molar-refractivity contribution in [2.24, 2.45) is 0 Å². The molecule has 0 amide bonds. The number of hydrogen-bond donors (Lipinski definition) is 4. The first kappa shape index (κ1) is 22.8. The lowest BCUT2D eigenvalue weighted by Crippen LogP contribution is -2.24. The monoisotopic (exact) mass is 418 g/mol. The molecule has 0 bridgehead atoms. The number of aromatic nitrogens is 1. The fourth-order valence-electron chi connectivity index (χ4n) is 2.95. The summed E-state index contributed by atoms with van der Waals surface area (Å²) in [7, 11) is 1.25. The van der Waals surface area contributed by atoms with Gasteiger partial charge in [0.2, 0.25) is 0 Å². The Balaban J connectivity index is 2.39. The average molecular weight is 418 g/mol. The van der Waals surface area contributed by atoms with Crippen molar-refractivity contribution in [1.82, 2.24) is 4.98 Å². The smallest absolute Gasteiger partial charge is 0.355 e. The lowest BCUT2D eigenvalue weighted by atomic mass is 10.1. The van der Waals surface area contributed by atoms with Crippen molar-refractivity contribution in [2.45, 2.75) is 46.3 Å². The van der Waals surface area contributed by atoms with Crippen LogP contribution in [0.2, 0.25) is 0 Å². The maximum absolute atomic E-state index is 12.6. The van der Waals surface area contributed by atoms with Crippen LogP contribution in [0.1, 0.15) is 70.2 Å². The zero-order chi connectivity index (χ0) is 22.6. The van der Waals surface area contributed by atoms with Crippen LogP contribution in [-0.4, -0.2) is 45.8 Å². The maximum atomic E-state index is 12.6. The fourth-order valence-corrected chi connectivity index (χ4v) is 2.95. The predicted molar refractivity (Wildman–Crippen MR) is 109 cm³/mol. The Morgan fingerprint density at radius 1 is 1.17 bits per heavy atom. The number of esters is 2. The lowest BCUT2D eigenvalue weighted by molar-refractivity contribution is 0.00620. The van der Waals surface area contributed by atoms with Crippen molar-refractivity contribution in [2.75, 3.05) is 12.4 Å². The van der Waals surface area contributed by atoms with Gasteiger partial charge >= 0.3 is 17.9 Å². The van der Waals surface area contributed by atoms with E-state index in [2.05, 4.69) is 10.3 Å². The largest absolute Gasteiger partial charge is 0.507 e. The molecule has 1 aromatic carbocycles. The van der Waals surface area contributed by atoms with Crippen LogP contribution < -0.4 is 5.32 Å². The lowest BCUT2D eigenvalue weighted by Gasteiger charge is -2.19. The van der Waals surface area contributed by atoms with Crippen molar-refractivity contribution in [3.8, 4) is 5.75 Å². The zero-order valence-electron chi connectivity index (χ0n) is 17.6. The first-order valence-corrected chi connectivity index (χ1v) is 9.34. The van der Waals surface area contributed by atoms with E-state index in [0.29, 0.717) is 23.4 Å². The van der Waals surface area contributed by atoms with E-state index in [-0.39, 0.29) is 23.4 Å². The van der Waals surface area contributed by atoms with E-state index < -0.39 is 29.3 Å². The Morgan fingerprint density at radius 2 is 1.83 bits per heavy atom. The summed E-state index contributed by atoms with van der Waals surface area (Å²) in [6.07, 6.45) is 0.392. The number of aromatic amines is 1. The number of rotatable bonds is 7. The van der Waals surface area contributed by atoms with Crippen molar-refractivity contribution < 1.29 is 34.1 Å². The molecule has 2 aromatic rings. The van der Waals surface area contributed by atoms with E-state index in [4.69, 9.17) is 14.6 Å². The second-order valence-electron chi connectivity index (χ2n) is 7.57. The third-order valence-electron chi connectivity index (χ3n) is 4.22. The van der Waals surface area contributed by atoms with E-state index >= 15 is 0 Å². The zero-order valence-corrected chi connectivity index (χ0v) is 17.6. The molecule has 0 aliphatic heterocycles. The van der Waals surface area contributed by atoms with Gasteiger partial charge < -0.3 is 30.0 Å². The van der Waals surface area contributed by atoms with Gasteiger partial charge in [0.15, 0.2) is 0 Å². The molecule has 0 radical (unpaired) electrons. The van der Waals surface area contributed by atoms with Crippen LogP contribution in [0.15, 0.2) is 18.2 Å². The number of carboxylic acid groups (broad SMARTS) is 1. The minimum absolute atomic E-state index is 0.0894. The summed E-state index contributed by atoms with van der Waals surface area (Å²) in [6.45, 7) is 7.14. The molecule has 1 aromatic heterocycles. The number of carboxylic acids is 1. The van der Waals surface area contributed by atoms with Crippen LogP contribution in [0, 0.1) is 0 Å². The van der Waals surface area contributed by atoms with Gasteiger partial charge in [-0.1, -0.05) is 6.92 Å². The molecule has 4 N–H and O–H groups in total. The van der Waals surface area contributed by atoms with Gasteiger partial charge in [-0.3, -0.25) is 0 Å². The Bertz CT molecular complexity index is 970. The number of phenols is 1. The molecule has 0 aliphatic carbocycles. The third-order valence-corrected chi connectivity index (χ3v) is 4.22. The van der Waals surface area contributed by atoms with E-state index in [1.807, 2.05) is 6.92 Å². The molecule has 9 heteroatoms. The first-order valence-electron chi connectivity index (χ1n) is 9.34. The molecular weight excluding hydrogens is 392 g/mol. The first-order chi connectivity index (χ1) is 14.0. The molecule has 162 valence electrons. The molecule has 0 spiro atoms. The minimum Gasteiger partial charge on any atom is -0.507 e. The van der Waals surface area contributed by atoms with Gasteiger partial charge in [-0.05, 0) is 44.9 Å². The maximum Gasteiger partial charge on any atom is 0.355 e. The van der Waals surface area contributed by atoms with Crippen LogP contribution in [0.5, 0.6) is 5.75 Å². The number of methoxy groups -OCH3 is 1. The van der Waals surface area contributed by atoms with Crippen molar-refractivity contribution in [3.05, 3.63) is 46.3 Å². The summed E-state index contributed by atoms with van der Waals surface area (Å²) in [5, 5.41) is 21.8. The molecule has 1 heterocycles. The number of hydrogen-bond acceptors (Lipinski definition) is 7. The summed E-state index contributed by atoms with van der Waals surface area (Å²) in [4.78, 5) is 39.0. The van der Waals surface area contributed by atoms with Gasteiger partial charge in [-0.15, -0.1) is 0 Å². The number of ether oxygens (including phenoxy) is 2. The molecular formula is C21H26N2O7. The van der Waals surface area contributed by atoms with E-state index in [1.54, 1.807) is 20.8 Å². The second kappa shape index (κ2) is 8.89. The molecule has 0 saturated carbocycles. The Morgan fingerprint density at radius 3 is 2.33 bits per heavy atom. The number of carbonyl (C=O) groups excluding carboxylic acids is 2. The quantitative estimate of drug-likeness (QED) is 0.502. The molecule has 2 rings (SSSR count). The van der Waals surface area contributed by atoms with Crippen LogP contribution >= 0.6 is 0 Å². The van der Waals surface area contributed by atoms with Crippen LogP contribution in [0.25, 0.3) is 0 Å². The summed E-state index contributed by atoms with van der Waals surface area (Å²) in [6, 6.07) is 4.01. The molecule has 0 fully saturated rings. The van der Waals surface area contributed by atoms with E-state index in [1.165, 1.54) is 25.3 Å². The number of H-pyrrole nitrogens is 1. The number of benzene rings is 1. The highest BCUT2D eigenvalue weighted by atomic mass is 16.6. The molecule has 0 saturated heterocycles. The van der Waals surface area contributed by atoms with Crippen LogP contribution in [-0.2, 0) is 22.4 Å². The topological polar surface area (TPSA) is 138 Å². The standard InChI is InChI=1S/C21H26N2O7/c1-6-12-16(19(27)29-5)14(23-17(12)20(28)30-21(2,3)4)10-22-11-7-8-13(18(25)26)15(24)9-11/h7-9,22-24H,6,10H2,1-5H3,(H,25,26). The SMILES string of the molecule is CCc1c(C(=O)OC(C)(C)C)[nH]c(CNc2ccc(C(=O)O)c(O)c2)c1C(=O)OC. The summed E-state index contributed by atoms with van der Waals surface area (Å²) in [5.41, 5.74) is 0.795.